The van der Waals surface area contributed by atoms with Crippen molar-refractivity contribution in [2.24, 2.45) is 0 Å². The van der Waals surface area contributed by atoms with E-state index in [-0.39, 0.29) is 5.56 Å². The van der Waals surface area contributed by atoms with E-state index >= 15 is 0 Å². The minimum Gasteiger partial charge on any atom is -0.353 e. The van der Waals surface area contributed by atoms with Gasteiger partial charge in [0.05, 0.1) is 5.69 Å². The number of anilines is 1. The summed E-state index contributed by atoms with van der Waals surface area (Å²) in [4.78, 5) is 18.7. The van der Waals surface area contributed by atoms with Gasteiger partial charge in [-0.2, -0.15) is 0 Å². The Morgan fingerprint density at radius 2 is 2.40 bits per heavy atom. The number of nitrogens with zero attached hydrogens (tertiary/aromatic N) is 1. The lowest BCUT2D eigenvalue weighted by Gasteiger charge is -2.06. The van der Waals surface area contributed by atoms with Crippen LogP contribution in [0.1, 0.15) is 24.1 Å². The number of allylic oxidation sites excluding steroid dienone is 1. The third kappa shape index (κ3) is 2.26. The highest BCUT2D eigenvalue weighted by atomic mass is 16.1. The fourth-order valence-corrected chi connectivity index (χ4v) is 1.48. The first-order chi connectivity index (χ1) is 7.20. The van der Waals surface area contributed by atoms with Gasteiger partial charge in [-0.3, -0.25) is 9.78 Å². The van der Waals surface area contributed by atoms with Crippen molar-refractivity contribution < 1.29 is 0 Å². The topological polar surface area (TPSA) is 57.8 Å². The number of rotatable bonds is 4. The quantitative estimate of drug-likeness (QED) is 0.730. The average molecular weight is 205 g/mol. The normalized spacial score (nSPS) is 15.0. The van der Waals surface area contributed by atoms with E-state index in [1.165, 1.54) is 0 Å². The van der Waals surface area contributed by atoms with Crippen molar-refractivity contribution in [1.82, 2.24) is 9.97 Å². The number of H-pyrrole nitrogens is 1. The zero-order valence-electron chi connectivity index (χ0n) is 8.84. The summed E-state index contributed by atoms with van der Waals surface area (Å²) in [5, 5.41) is 3.17. The van der Waals surface area contributed by atoms with E-state index in [4.69, 9.17) is 0 Å². The third-order valence-corrected chi connectivity index (χ3v) is 2.49. The molecule has 0 aliphatic heterocycles. The molecule has 0 bridgehead atoms. The Bertz CT molecular complexity index is 432. The molecule has 1 fully saturated rings. The molecule has 0 spiro atoms. The zero-order valence-corrected chi connectivity index (χ0v) is 8.84. The summed E-state index contributed by atoms with van der Waals surface area (Å²) >= 11 is 0. The first-order valence-corrected chi connectivity index (χ1v) is 5.18. The van der Waals surface area contributed by atoms with Crippen LogP contribution >= 0.6 is 0 Å². The maximum absolute atomic E-state index is 11.7. The van der Waals surface area contributed by atoms with Crippen LogP contribution in [0.2, 0.25) is 0 Å². The summed E-state index contributed by atoms with van der Waals surface area (Å²) in [7, 11) is 0. The molecule has 2 N–H and O–H groups in total. The molecule has 4 heteroatoms. The largest absolute Gasteiger partial charge is 0.353 e. The zero-order chi connectivity index (χ0) is 10.8. The second-order valence-corrected chi connectivity index (χ2v) is 3.89. The molecule has 0 unspecified atom stereocenters. The first-order valence-electron chi connectivity index (χ1n) is 5.18. The number of hydrogen-bond acceptors (Lipinski definition) is 3. The van der Waals surface area contributed by atoms with Gasteiger partial charge in [-0.15, -0.1) is 6.58 Å². The summed E-state index contributed by atoms with van der Waals surface area (Å²) in [6.07, 6.45) is 4.61. The highest BCUT2D eigenvalue weighted by Crippen LogP contribution is 2.22. The number of aromatic nitrogens is 2. The van der Waals surface area contributed by atoms with Crippen LogP contribution in [0.25, 0.3) is 0 Å². The Morgan fingerprint density at radius 1 is 1.67 bits per heavy atom. The van der Waals surface area contributed by atoms with Crippen LogP contribution < -0.4 is 10.9 Å². The summed E-state index contributed by atoms with van der Waals surface area (Å²) < 4.78 is 0. The summed E-state index contributed by atoms with van der Waals surface area (Å²) in [5.41, 5.74) is 1.42. The molecular formula is C11H15N3O. The van der Waals surface area contributed by atoms with Crippen LogP contribution in [0, 0.1) is 6.92 Å². The molecule has 15 heavy (non-hydrogen) atoms. The summed E-state index contributed by atoms with van der Waals surface area (Å²) in [6.45, 7) is 5.48. The number of nitrogens with one attached hydrogen (secondary N) is 2. The van der Waals surface area contributed by atoms with Crippen LogP contribution in [0.5, 0.6) is 0 Å². The van der Waals surface area contributed by atoms with E-state index in [1.54, 1.807) is 6.08 Å². The van der Waals surface area contributed by atoms with E-state index in [0.29, 0.717) is 24.0 Å². The van der Waals surface area contributed by atoms with Gasteiger partial charge in [-0.1, -0.05) is 6.08 Å². The lowest BCUT2D eigenvalue weighted by molar-refractivity contribution is 0.965. The Balaban J connectivity index is 2.28. The van der Waals surface area contributed by atoms with Crippen LogP contribution in [0.15, 0.2) is 17.4 Å². The molecule has 0 atom stereocenters. The maximum Gasteiger partial charge on any atom is 0.256 e. The average Bonchev–Trinajstić information content (AvgIpc) is 2.95. The number of aromatic amines is 1. The van der Waals surface area contributed by atoms with E-state index in [0.717, 1.165) is 18.5 Å². The molecule has 0 aromatic carbocycles. The third-order valence-electron chi connectivity index (χ3n) is 2.49. The Hall–Kier alpha value is -1.58. The van der Waals surface area contributed by atoms with E-state index in [2.05, 4.69) is 21.9 Å². The number of hydrogen-bond donors (Lipinski definition) is 2. The van der Waals surface area contributed by atoms with Gasteiger partial charge in [0, 0.05) is 11.6 Å². The van der Waals surface area contributed by atoms with Crippen molar-refractivity contribution in [3.05, 3.63) is 34.3 Å². The second kappa shape index (κ2) is 3.88. The molecule has 1 aliphatic carbocycles. The van der Waals surface area contributed by atoms with Crippen molar-refractivity contribution in [2.75, 3.05) is 5.32 Å². The Morgan fingerprint density at radius 3 is 2.93 bits per heavy atom. The van der Waals surface area contributed by atoms with Crippen molar-refractivity contribution in [3.63, 3.8) is 0 Å². The first kappa shape index (κ1) is 9.96. The molecular weight excluding hydrogens is 190 g/mol. The van der Waals surface area contributed by atoms with Crippen LogP contribution in [-0.4, -0.2) is 16.0 Å². The summed E-state index contributed by atoms with van der Waals surface area (Å²) in [5.74, 6) is 0.591. The molecule has 1 heterocycles. The number of aryl methyl sites for hydroxylation is 1. The van der Waals surface area contributed by atoms with Crippen molar-refractivity contribution in [2.45, 2.75) is 32.2 Å². The van der Waals surface area contributed by atoms with Gasteiger partial charge in [0.1, 0.15) is 0 Å². The lowest BCUT2D eigenvalue weighted by atomic mass is 10.2. The van der Waals surface area contributed by atoms with Gasteiger partial charge in [-0.25, -0.2) is 4.98 Å². The molecule has 0 radical (unpaired) electrons. The SMILES string of the molecule is C=CCc1c(C)nc(NC2CC2)[nH]c1=O. The highest BCUT2D eigenvalue weighted by Gasteiger charge is 2.22. The molecule has 1 saturated carbocycles. The molecule has 1 aliphatic rings. The van der Waals surface area contributed by atoms with Crippen molar-refractivity contribution >= 4 is 5.95 Å². The smallest absolute Gasteiger partial charge is 0.256 e. The fraction of sp³-hybridized carbons (Fsp3) is 0.455. The van der Waals surface area contributed by atoms with E-state index in [9.17, 15) is 4.79 Å². The molecule has 0 saturated heterocycles. The van der Waals surface area contributed by atoms with E-state index in [1.807, 2.05) is 6.92 Å². The van der Waals surface area contributed by atoms with Crippen LogP contribution in [0.3, 0.4) is 0 Å². The van der Waals surface area contributed by atoms with Crippen LogP contribution in [0.4, 0.5) is 5.95 Å². The summed E-state index contributed by atoms with van der Waals surface area (Å²) in [6, 6.07) is 0.498. The standard InChI is InChI=1S/C11H15N3O/c1-3-4-9-7(2)12-11(14-10(9)15)13-8-5-6-8/h3,8H,1,4-6H2,2H3,(H2,12,13,14,15). The minimum absolute atomic E-state index is 0.0643. The molecule has 2 rings (SSSR count). The van der Waals surface area contributed by atoms with Crippen LogP contribution in [-0.2, 0) is 6.42 Å². The van der Waals surface area contributed by atoms with Gasteiger partial charge in [0.2, 0.25) is 5.95 Å². The monoisotopic (exact) mass is 205 g/mol. The van der Waals surface area contributed by atoms with Crippen molar-refractivity contribution in [1.29, 1.82) is 0 Å². The lowest BCUT2D eigenvalue weighted by Crippen LogP contribution is -2.19. The predicted octanol–water partition coefficient (Wildman–Crippen LogP) is 1.38. The Labute approximate surface area is 88.4 Å². The van der Waals surface area contributed by atoms with Gasteiger partial charge in [-0.05, 0) is 26.2 Å². The van der Waals surface area contributed by atoms with Gasteiger partial charge in [0.25, 0.3) is 5.56 Å². The van der Waals surface area contributed by atoms with Crippen molar-refractivity contribution in [3.8, 4) is 0 Å². The van der Waals surface area contributed by atoms with Gasteiger partial charge < -0.3 is 5.32 Å². The predicted molar refractivity (Wildman–Crippen MR) is 60.1 cm³/mol. The molecule has 0 amide bonds. The van der Waals surface area contributed by atoms with Gasteiger partial charge in [0.15, 0.2) is 0 Å². The minimum atomic E-state index is -0.0643. The molecule has 80 valence electrons. The maximum atomic E-state index is 11.7. The molecule has 1 aromatic heterocycles. The van der Waals surface area contributed by atoms with E-state index < -0.39 is 0 Å². The Kier molecular flexibility index (Phi) is 2.58. The highest BCUT2D eigenvalue weighted by molar-refractivity contribution is 5.32. The fourth-order valence-electron chi connectivity index (χ4n) is 1.48. The molecule has 1 aromatic rings. The van der Waals surface area contributed by atoms with Gasteiger partial charge >= 0.3 is 0 Å². The molecule has 4 nitrogen and oxygen atoms in total. The second-order valence-electron chi connectivity index (χ2n) is 3.89.